The van der Waals surface area contributed by atoms with Crippen molar-refractivity contribution in [1.29, 1.82) is 0 Å². The Balaban J connectivity index is 0.00000245. The van der Waals surface area contributed by atoms with Crippen molar-refractivity contribution in [2.24, 2.45) is 0 Å². The van der Waals surface area contributed by atoms with E-state index in [1.807, 2.05) is 28.8 Å². The highest BCUT2D eigenvalue weighted by Gasteiger charge is 2.23. The minimum atomic E-state index is -0.322. The van der Waals surface area contributed by atoms with E-state index < -0.39 is 0 Å². The Labute approximate surface area is 190 Å². The zero-order valence-electron chi connectivity index (χ0n) is 17.4. The lowest BCUT2D eigenvalue weighted by atomic mass is 10.0. The molecule has 1 amide bonds. The molecule has 1 aliphatic heterocycles. The molecule has 3 N–H and O–H groups in total. The quantitative estimate of drug-likeness (QED) is 0.429. The topological polar surface area (TPSA) is 85.9 Å². The summed E-state index contributed by atoms with van der Waals surface area (Å²) in [6.07, 6.45) is 1.78. The normalized spacial score (nSPS) is 15.2. The first-order valence-electron chi connectivity index (χ1n) is 10.6. The second-order valence-electron chi connectivity index (χ2n) is 8.06. The first kappa shape index (κ1) is 22.1. The molecule has 0 saturated carbocycles. The zero-order valence-corrected chi connectivity index (χ0v) is 18.3. The molecule has 7 nitrogen and oxygen atoms in total. The van der Waals surface area contributed by atoms with Crippen LogP contribution >= 0.6 is 12.4 Å². The molecule has 168 valence electrons. The molecule has 0 spiro atoms. The maximum absolute atomic E-state index is 13.3. The number of nitrogens with one attached hydrogen (secondary N) is 3. The van der Waals surface area contributed by atoms with Crippen LogP contribution in [0.3, 0.4) is 0 Å². The van der Waals surface area contributed by atoms with Crippen LogP contribution in [0.25, 0.3) is 21.9 Å². The summed E-state index contributed by atoms with van der Waals surface area (Å²) in [6, 6.07) is 14.0. The molecule has 1 fully saturated rings. The molecule has 2 aromatic heterocycles. The molecule has 1 aliphatic rings. The molecule has 32 heavy (non-hydrogen) atoms. The summed E-state index contributed by atoms with van der Waals surface area (Å²) in [7, 11) is 0. The number of H-pyrrole nitrogens is 2. The van der Waals surface area contributed by atoms with Gasteiger partial charge in [-0.1, -0.05) is 12.1 Å². The summed E-state index contributed by atoms with van der Waals surface area (Å²) in [5.74, 6) is -0.520. The summed E-state index contributed by atoms with van der Waals surface area (Å²) >= 11 is 0. The second kappa shape index (κ2) is 9.18. The van der Waals surface area contributed by atoms with Crippen LogP contribution < -0.4 is 11.0 Å². The molecular formula is C23H25ClFN5O2. The van der Waals surface area contributed by atoms with E-state index >= 15 is 0 Å². The third-order valence-electron chi connectivity index (χ3n) is 6.09. The number of benzene rings is 2. The molecule has 0 radical (unpaired) electrons. The summed E-state index contributed by atoms with van der Waals surface area (Å²) < 4.78 is 15.2. The number of para-hydroxylation sites is 2. The third-order valence-corrected chi connectivity index (χ3v) is 6.09. The molecule has 9 heteroatoms. The third kappa shape index (κ3) is 4.28. The van der Waals surface area contributed by atoms with Crippen molar-refractivity contribution in [1.82, 2.24) is 24.8 Å². The first-order valence-corrected chi connectivity index (χ1v) is 10.6. The van der Waals surface area contributed by atoms with Crippen molar-refractivity contribution in [3.05, 3.63) is 70.5 Å². The lowest BCUT2D eigenvalue weighted by Crippen LogP contribution is -2.41. The molecule has 0 bridgehead atoms. The minimum Gasteiger partial charge on any atom is -0.351 e. The molecular weight excluding hydrogens is 433 g/mol. The fourth-order valence-corrected chi connectivity index (χ4v) is 4.49. The van der Waals surface area contributed by atoms with Crippen molar-refractivity contribution in [2.45, 2.75) is 18.9 Å². The van der Waals surface area contributed by atoms with Gasteiger partial charge in [0.1, 0.15) is 11.5 Å². The largest absolute Gasteiger partial charge is 0.351 e. The average Bonchev–Trinajstić information content (AvgIpc) is 3.34. The highest BCUT2D eigenvalue weighted by molar-refractivity contribution is 5.98. The molecule has 5 rings (SSSR count). The van der Waals surface area contributed by atoms with Crippen LogP contribution in [0.5, 0.6) is 0 Å². The number of hydrogen-bond donors (Lipinski definition) is 3. The van der Waals surface area contributed by atoms with E-state index in [-0.39, 0.29) is 35.9 Å². The first-order chi connectivity index (χ1) is 15.1. The number of halogens is 2. The van der Waals surface area contributed by atoms with Crippen LogP contribution in [0, 0.1) is 5.82 Å². The van der Waals surface area contributed by atoms with Gasteiger partial charge in [0.15, 0.2) is 0 Å². The van der Waals surface area contributed by atoms with Crippen LogP contribution in [0.15, 0.2) is 53.3 Å². The molecule has 0 aliphatic carbocycles. The minimum absolute atomic E-state index is 0. The molecule has 1 saturated heterocycles. The maximum Gasteiger partial charge on any atom is 0.326 e. The van der Waals surface area contributed by atoms with Crippen LogP contribution in [0.1, 0.15) is 29.4 Å². The van der Waals surface area contributed by atoms with Crippen molar-refractivity contribution in [3.63, 3.8) is 0 Å². The smallest absolute Gasteiger partial charge is 0.326 e. The number of piperidine rings is 1. The monoisotopic (exact) mass is 457 g/mol. The number of rotatable bonds is 5. The van der Waals surface area contributed by atoms with Gasteiger partial charge in [-0.25, -0.2) is 9.18 Å². The number of fused-ring (bicyclic) bond motifs is 2. The number of amides is 1. The number of nitrogens with zero attached hydrogens (tertiary/aromatic N) is 2. The van der Waals surface area contributed by atoms with Crippen molar-refractivity contribution >= 4 is 40.3 Å². The van der Waals surface area contributed by atoms with E-state index in [1.165, 1.54) is 12.1 Å². The van der Waals surface area contributed by atoms with Crippen LogP contribution in [0.2, 0.25) is 0 Å². The Morgan fingerprint density at radius 1 is 1.06 bits per heavy atom. The van der Waals surface area contributed by atoms with E-state index in [4.69, 9.17) is 0 Å². The molecule has 3 heterocycles. The number of likely N-dealkylation sites (tertiary alicyclic amines) is 1. The molecule has 0 atom stereocenters. The average molecular weight is 458 g/mol. The second-order valence-corrected chi connectivity index (χ2v) is 8.06. The number of imidazole rings is 1. The van der Waals surface area contributed by atoms with Crippen molar-refractivity contribution < 1.29 is 9.18 Å². The van der Waals surface area contributed by atoms with Crippen LogP contribution in [0.4, 0.5) is 4.39 Å². The number of carbonyl (C=O) groups is 1. The predicted octanol–water partition coefficient (Wildman–Crippen LogP) is 3.44. The molecule has 0 unspecified atom stereocenters. The fraction of sp³-hybridized carbons (Fsp3) is 0.304. The van der Waals surface area contributed by atoms with Gasteiger partial charge in [-0.3, -0.25) is 9.36 Å². The van der Waals surface area contributed by atoms with Gasteiger partial charge in [-0.05, 0) is 49.2 Å². The summed E-state index contributed by atoms with van der Waals surface area (Å²) in [4.78, 5) is 33.1. The molecule has 2 aromatic carbocycles. The van der Waals surface area contributed by atoms with Gasteiger partial charge in [-0.2, -0.15) is 0 Å². The summed E-state index contributed by atoms with van der Waals surface area (Å²) in [6.45, 7) is 3.02. The number of hydrogen-bond acceptors (Lipinski definition) is 3. The Morgan fingerprint density at radius 3 is 2.66 bits per heavy atom. The Kier molecular flexibility index (Phi) is 6.34. The van der Waals surface area contributed by atoms with Gasteiger partial charge >= 0.3 is 5.69 Å². The number of aromatic amines is 2. The molecule has 4 aromatic rings. The fourth-order valence-electron chi connectivity index (χ4n) is 4.49. The number of aromatic nitrogens is 3. The Morgan fingerprint density at radius 2 is 1.84 bits per heavy atom. The van der Waals surface area contributed by atoms with E-state index in [1.54, 1.807) is 12.1 Å². The van der Waals surface area contributed by atoms with Crippen LogP contribution in [-0.4, -0.2) is 51.5 Å². The van der Waals surface area contributed by atoms with Crippen molar-refractivity contribution in [3.8, 4) is 0 Å². The standard InChI is InChI=1S/C23H24FN5O2.ClH/c24-16-5-6-18-15(13-16)14-20(26-18)22(30)25-9-12-28-10-7-17(8-11-28)29-21-4-2-1-3-19(21)27-23(29)31;/h1-6,13-14,17,26H,7-12H2,(H,25,30)(H,27,31);1H. The van der Waals surface area contributed by atoms with E-state index in [0.29, 0.717) is 17.6 Å². The maximum atomic E-state index is 13.3. The zero-order chi connectivity index (χ0) is 21.4. The summed E-state index contributed by atoms with van der Waals surface area (Å²) in [5, 5.41) is 3.61. The van der Waals surface area contributed by atoms with E-state index in [0.717, 1.165) is 49.0 Å². The Hall–Kier alpha value is -3.10. The van der Waals surface area contributed by atoms with Gasteiger partial charge in [0.25, 0.3) is 5.91 Å². The highest BCUT2D eigenvalue weighted by Crippen LogP contribution is 2.24. The SMILES string of the molecule is Cl.O=C(NCCN1CCC(n2c(=O)[nH]c3ccccc32)CC1)c1cc2cc(F)ccc2[nH]1. The van der Waals surface area contributed by atoms with Gasteiger partial charge < -0.3 is 20.2 Å². The lowest BCUT2D eigenvalue weighted by molar-refractivity contribution is 0.0940. The highest BCUT2D eigenvalue weighted by atomic mass is 35.5. The van der Waals surface area contributed by atoms with Gasteiger partial charge in [0, 0.05) is 43.1 Å². The lowest BCUT2D eigenvalue weighted by Gasteiger charge is -2.32. The Bertz CT molecular complexity index is 1300. The van der Waals surface area contributed by atoms with Crippen molar-refractivity contribution in [2.75, 3.05) is 26.2 Å². The van der Waals surface area contributed by atoms with Crippen LogP contribution in [-0.2, 0) is 0 Å². The predicted molar refractivity (Wildman–Crippen MR) is 125 cm³/mol. The summed E-state index contributed by atoms with van der Waals surface area (Å²) in [5.41, 5.74) is 2.94. The number of carbonyl (C=O) groups excluding carboxylic acids is 1. The van der Waals surface area contributed by atoms with E-state index in [2.05, 4.69) is 20.2 Å². The van der Waals surface area contributed by atoms with Gasteiger partial charge in [0.05, 0.1) is 11.0 Å². The van der Waals surface area contributed by atoms with Gasteiger partial charge in [-0.15, -0.1) is 12.4 Å². The van der Waals surface area contributed by atoms with E-state index in [9.17, 15) is 14.0 Å². The van der Waals surface area contributed by atoms with Gasteiger partial charge in [0.2, 0.25) is 0 Å².